The average Bonchev–Trinajstić information content (AvgIpc) is 2.48. The summed E-state index contributed by atoms with van der Waals surface area (Å²) in [6.45, 7) is 4.59. The number of methoxy groups -OCH3 is 2. The van der Waals surface area contributed by atoms with Crippen LogP contribution in [0.1, 0.15) is 44.8 Å². The molecule has 4 unspecified atom stereocenters. The van der Waals surface area contributed by atoms with Crippen LogP contribution in [0.5, 0.6) is 11.5 Å². The van der Waals surface area contributed by atoms with Gasteiger partial charge in [0.05, 0.1) is 20.3 Å². The Bertz CT molecular complexity index is 444. The van der Waals surface area contributed by atoms with Crippen LogP contribution in [0.4, 0.5) is 0 Å². The van der Waals surface area contributed by atoms with E-state index in [0.717, 1.165) is 30.1 Å². The molecule has 1 aliphatic carbocycles. The average molecular weight is 278 g/mol. The first-order chi connectivity index (χ1) is 9.56. The largest absolute Gasteiger partial charge is 0.497 e. The maximum atomic E-state index is 10.7. The zero-order chi connectivity index (χ0) is 14.7. The van der Waals surface area contributed by atoms with E-state index in [-0.39, 0.29) is 0 Å². The highest BCUT2D eigenvalue weighted by molar-refractivity contribution is 5.42. The third-order valence-corrected chi connectivity index (χ3v) is 4.84. The molecule has 4 atom stereocenters. The fourth-order valence-electron chi connectivity index (χ4n) is 3.19. The summed E-state index contributed by atoms with van der Waals surface area (Å²) in [7, 11) is 3.27. The quantitative estimate of drug-likeness (QED) is 0.910. The summed E-state index contributed by atoms with van der Waals surface area (Å²) in [4.78, 5) is 0. The lowest BCUT2D eigenvalue weighted by molar-refractivity contribution is 0.0543. The van der Waals surface area contributed by atoms with Gasteiger partial charge in [-0.2, -0.15) is 0 Å². The minimum absolute atomic E-state index is 0.323. The molecule has 0 bridgehead atoms. The van der Waals surface area contributed by atoms with Crippen molar-refractivity contribution in [2.45, 2.75) is 39.2 Å². The second kappa shape index (κ2) is 6.49. The zero-order valence-corrected chi connectivity index (χ0v) is 12.9. The van der Waals surface area contributed by atoms with Gasteiger partial charge in [-0.1, -0.05) is 20.3 Å². The van der Waals surface area contributed by atoms with Crippen LogP contribution in [0.2, 0.25) is 0 Å². The highest BCUT2D eigenvalue weighted by Gasteiger charge is 2.31. The summed E-state index contributed by atoms with van der Waals surface area (Å²) in [6.07, 6.45) is 2.91. The summed E-state index contributed by atoms with van der Waals surface area (Å²) < 4.78 is 10.6. The Hall–Kier alpha value is -1.22. The molecule has 3 heteroatoms. The molecule has 1 aliphatic rings. The van der Waals surface area contributed by atoms with Crippen molar-refractivity contribution in [2.75, 3.05) is 14.2 Å². The Morgan fingerprint density at radius 1 is 1.10 bits per heavy atom. The number of rotatable bonds is 4. The zero-order valence-electron chi connectivity index (χ0n) is 12.9. The Balaban J connectivity index is 2.18. The molecule has 1 saturated carbocycles. The Labute approximate surface area is 121 Å². The Morgan fingerprint density at radius 3 is 2.45 bits per heavy atom. The van der Waals surface area contributed by atoms with Gasteiger partial charge in [-0.05, 0) is 42.7 Å². The van der Waals surface area contributed by atoms with Crippen LogP contribution in [0.25, 0.3) is 0 Å². The molecule has 0 amide bonds. The molecule has 1 aromatic rings. The Kier molecular flexibility index (Phi) is 4.92. The monoisotopic (exact) mass is 278 g/mol. The first kappa shape index (κ1) is 15.2. The molecule has 0 aromatic heterocycles. The Morgan fingerprint density at radius 2 is 1.85 bits per heavy atom. The van der Waals surface area contributed by atoms with Crippen LogP contribution in [0, 0.1) is 17.8 Å². The summed E-state index contributed by atoms with van der Waals surface area (Å²) in [5, 5.41) is 10.7. The molecule has 1 fully saturated rings. The lowest BCUT2D eigenvalue weighted by Gasteiger charge is -2.35. The van der Waals surface area contributed by atoms with Gasteiger partial charge < -0.3 is 14.6 Å². The van der Waals surface area contributed by atoms with Gasteiger partial charge >= 0.3 is 0 Å². The molecule has 0 spiro atoms. The molecule has 20 heavy (non-hydrogen) atoms. The minimum atomic E-state index is -0.453. The van der Waals surface area contributed by atoms with E-state index in [9.17, 15) is 5.11 Å². The number of hydrogen-bond donors (Lipinski definition) is 1. The van der Waals surface area contributed by atoms with Gasteiger partial charge in [0.15, 0.2) is 0 Å². The second-order valence-corrected chi connectivity index (χ2v) is 6.08. The van der Waals surface area contributed by atoms with E-state index in [1.807, 2.05) is 18.2 Å². The fourth-order valence-corrected chi connectivity index (χ4v) is 3.19. The number of aliphatic hydroxyl groups excluding tert-OH is 1. The van der Waals surface area contributed by atoms with Crippen LogP contribution in [-0.4, -0.2) is 19.3 Å². The van der Waals surface area contributed by atoms with Crippen molar-refractivity contribution in [1.29, 1.82) is 0 Å². The van der Waals surface area contributed by atoms with Crippen molar-refractivity contribution < 1.29 is 14.6 Å². The van der Waals surface area contributed by atoms with Gasteiger partial charge in [0, 0.05) is 11.6 Å². The van der Waals surface area contributed by atoms with Crippen molar-refractivity contribution in [3.63, 3.8) is 0 Å². The molecule has 0 heterocycles. The molecular formula is C17H26O3. The van der Waals surface area contributed by atoms with Crippen molar-refractivity contribution >= 4 is 0 Å². The summed E-state index contributed by atoms with van der Waals surface area (Å²) >= 11 is 0. The number of hydrogen-bond acceptors (Lipinski definition) is 3. The topological polar surface area (TPSA) is 38.7 Å². The summed E-state index contributed by atoms with van der Waals surface area (Å²) in [5.74, 6) is 3.22. The van der Waals surface area contributed by atoms with E-state index in [1.165, 1.54) is 6.42 Å². The van der Waals surface area contributed by atoms with Gasteiger partial charge in [0.25, 0.3) is 0 Å². The van der Waals surface area contributed by atoms with Crippen molar-refractivity contribution in [2.24, 2.45) is 17.8 Å². The predicted molar refractivity (Wildman–Crippen MR) is 80.2 cm³/mol. The highest BCUT2D eigenvalue weighted by Crippen LogP contribution is 2.42. The predicted octanol–water partition coefficient (Wildman–Crippen LogP) is 3.81. The van der Waals surface area contributed by atoms with Crippen LogP contribution in [0.15, 0.2) is 18.2 Å². The minimum Gasteiger partial charge on any atom is -0.497 e. The molecule has 112 valence electrons. The molecule has 1 N–H and O–H groups in total. The molecule has 0 radical (unpaired) electrons. The van der Waals surface area contributed by atoms with Crippen LogP contribution < -0.4 is 9.47 Å². The van der Waals surface area contributed by atoms with Crippen LogP contribution in [0.3, 0.4) is 0 Å². The number of ether oxygens (including phenoxy) is 2. The lowest BCUT2D eigenvalue weighted by Crippen LogP contribution is -2.25. The second-order valence-electron chi connectivity index (χ2n) is 6.08. The van der Waals surface area contributed by atoms with E-state index >= 15 is 0 Å². The molecule has 2 rings (SSSR count). The normalized spacial score (nSPS) is 27.9. The lowest BCUT2D eigenvalue weighted by atomic mass is 9.73. The standard InChI is InChI=1S/C17H26O3/c1-11-5-6-13(9-12(11)2)17(18)15-8-7-14(19-3)10-16(15)20-4/h7-8,10-13,17-18H,5-6,9H2,1-4H3. The van der Waals surface area contributed by atoms with Gasteiger partial charge in [-0.15, -0.1) is 0 Å². The van der Waals surface area contributed by atoms with Gasteiger partial charge in [-0.3, -0.25) is 0 Å². The van der Waals surface area contributed by atoms with E-state index in [1.54, 1.807) is 14.2 Å². The van der Waals surface area contributed by atoms with Crippen molar-refractivity contribution in [3.05, 3.63) is 23.8 Å². The van der Waals surface area contributed by atoms with Gasteiger partial charge in [0.2, 0.25) is 0 Å². The number of benzene rings is 1. The maximum Gasteiger partial charge on any atom is 0.128 e. The van der Waals surface area contributed by atoms with Crippen LogP contribution in [-0.2, 0) is 0 Å². The molecule has 1 aromatic carbocycles. The maximum absolute atomic E-state index is 10.7. The first-order valence-corrected chi connectivity index (χ1v) is 7.46. The molecular weight excluding hydrogens is 252 g/mol. The van der Waals surface area contributed by atoms with Crippen molar-refractivity contribution in [3.8, 4) is 11.5 Å². The summed E-state index contributed by atoms with van der Waals surface area (Å²) in [6, 6.07) is 5.65. The first-order valence-electron chi connectivity index (χ1n) is 7.46. The van der Waals surface area contributed by atoms with E-state index in [2.05, 4.69) is 13.8 Å². The highest BCUT2D eigenvalue weighted by atomic mass is 16.5. The SMILES string of the molecule is COc1ccc(C(O)C2CCC(C)C(C)C2)c(OC)c1. The van der Waals surface area contributed by atoms with Crippen molar-refractivity contribution in [1.82, 2.24) is 0 Å². The van der Waals surface area contributed by atoms with E-state index in [0.29, 0.717) is 17.6 Å². The van der Waals surface area contributed by atoms with Gasteiger partial charge in [-0.25, -0.2) is 0 Å². The molecule has 3 nitrogen and oxygen atoms in total. The third-order valence-electron chi connectivity index (χ3n) is 4.84. The van der Waals surface area contributed by atoms with Gasteiger partial charge in [0.1, 0.15) is 11.5 Å². The van der Waals surface area contributed by atoms with E-state index in [4.69, 9.17) is 9.47 Å². The fraction of sp³-hybridized carbons (Fsp3) is 0.647. The number of aliphatic hydroxyl groups is 1. The van der Waals surface area contributed by atoms with E-state index < -0.39 is 6.10 Å². The van der Waals surface area contributed by atoms with Crippen LogP contribution >= 0.6 is 0 Å². The molecule has 0 saturated heterocycles. The summed E-state index contributed by atoms with van der Waals surface area (Å²) in [5.41, 5.74) is 0.875. The third kappa shape index (κ3) is 3.09. The smallest absolute Gasteiger partial charge is 0.128 e. The molecule has 0 aliphatic heterocycles.